The molecule has 0 amide bonds. The van der Waals surface area contributed by atoms with Crippen LogP contribution >= 0.6 is 0 Å². The third kappa shape index (κ3) is 6.39. The smallest absolute Gasteiger partial charge is 0.322 e. The molecular formula is C15H31NO2. The second-order valence-corrected chi connectivity index (χ2v) is 5.78. The van der Waals surface area contributed by atoms with Gasteiger partial charge in [0.1, 0.15) is 6.04 Å². The molecule has 1 N–H and O–H groups in total. The first-order valence-electron chi connectivity index (χ1n) is 7.25. The van der Waals surface area contributed by atoms with E-state index in [9.17, 15) is 4.79 Å². The molecule has 0 aliphatic carbocycles. The summed E-state index contributed by atoms with van der Waals surface area (Å²) in [6, 6.07) is -0.144. The summed E-state index contributed by atoms with van der Waals surface area (Å²) in [6.45, 7) is 12.0. The van der Waals surface area contributed by atoms with Crippen LogP contribution in [0.15, 0.2) is 0 Å². The molecule has 0 aromatic rings. The van der Waals surface area contributed by atoms with Gasteiger partial charge in [0.05, 0.1) is 7.11 Å². The Labute approximate surface area is 113 Å². The number of carbonyl (C=O) groups is 1. The van der Waals surface area contributed by atoms with Crippen LogP contribution in [0.3, 0.4) is 0 Å². The summed E-state index contributed by atoms with van der Waals surface area (Å²) in [6.07, 6.45) is 3.03. The van der Waals surface area contributed by atoms with Gasteiger partial charge < -0.3 is 10.1 Å². The van der Waals surface area contributed by atoms with Crippen LogP contribution in [0.2, 0.25) is 0 Å². The standard InChI is InChI=1S/C15H31NO2/c1-7-8-9-14(15(17)18-6)16-10-13(11(2)3)12(4)5/h11-14,16H,7-10H2,1-6H3. The maximum absolute atomic E-state index is 11.7. The molecule has 0 aliphatic rings. The highest BCUT2D eigenvalue weighted by Gasteiger charge is 2.22. The van der Waals surface area contributed by atoms with Gasteiger partial charge in [-0.1, -0.05) is 47.5 Å². The zero-order valence-electron chi connectivity index (χ0n) is 13.0. The fraction of sp³-hybridized carbons (Fsp3) is 0.933. The molecule has 0 fully saturated rings. The van der Waals surface area contributed by atoms with E-state index in [1.807, 2.05) is 0 Å². The van der Waals surface area contributed by atoms with Crippen LogP contribution < -0.4 is 5.32 Å². The van der Waals surface area contributed by atoms with Crippen LogP contribution in [-0.2, 0) is 9.53 Å². The zero-order valence-corrected chi connectivity index (χ0v) is 13.0. The first kappa shape index (κ1) is 17.4. The van der Waals surface area contributed by atoms with E-state index in [0.29, 0.717) is 17.8 Å². The van der Waals surface area contributed by atoms with Crippen molar-refractivity contribution in [3.8, 4) is 0 Å². The molecule has 0 saturated heterocycles. The van der Waals surface area contributed by atoms with Gasteiger partial charge >= 0.3 is 5.97 Å². The highest BCUT2D eigenvalue weighted by molar-refractivity contribution is 5.75. The topological polar surface area (TPSA) is 38.3 Å². The van der Waals surface area contributed by atoms with E-state index in [4.69, 9.17) is 4.74 Å². The third-order valence-corrected chi connectivity index (χ3v) is 3.64. The van der Waals surface area contributed by atoms with Gasteiger partial charge in [-0.05, 0) is 30.7 Å². The molecule has 0 saturated carbocycles. The molecule has 0 rings (SSSR count). The van der Waals surface area contributed by atoms with Crippen molar-refractivity contribution in [1.82, 2.24) is 5.32 Å². The lowest BCUT2D eigenvalue weighted by Gasteiger charge is -2.27. The lowest BCUT2D eigenvalue weighted by Crippen LogP contribution is -2.42. The van der Waals surface area contributed by atoms with Crippen molar-refractivity contribution >= 4 is 5.97 Å². The SMILES string of the molecule is CCCCC(NCC(C(C)C)C(C)C)C(=O)OC. The van der Waals surface area contributed by atoms with Gasteiger partial charge in [-0.3, -0.25) is 4.79 Å². The van der Waals surface area contributed by atoms with E-state index in [1.165, 1.54) is 7.11 Å². The Kier molecular flexibility index (Phi) is 9.08. The van der Waals surface area contributed by atoms with Gasteiger partial charge in [-0.15, -0.1) is 0 Å². The Morgan fingerprint density at radius 3 is 2.11 bits per heavy atom. The molecule has 3 heteroatoms. The Morgan fingerprint density at radius 1 is 1.17 bits per heavy atom. The average molecular weight is 257 g/mol. The largest absolute Gasteiger partial charge is 0.468 e. The Hall–Kier alpha value is -0.570. The number of hydrogen-bond donors (Lipinski definition) is 1. The zero-order chi connectivity index (χ0) is 14.1. The Morgan fingerprint density at radius 2 is 1.72 bits per heavy atom. The van der Waals surface area contributed by atoms with Crippen LogP contribution in [-0.4, -0.2) is 25.7 Å². The van der Waals surface area contributed by atoms with Crippen molar-refractivity contribution < 1.29 is 9.53 Å². The maximum atomic E-state index is 11.7. The van der Waals surface area contributed by atoms with Crippen molar-refractivity contribution in [2.75, 3.05) is 13.7 Å². The monoisotopic (exact) mass is 257 g/mol. The summed E-state index contributed by atoms with van der Waals surface area (Å²) < 4.78 is 4.86. The number of carbonyl (C=O) groups excluding carboxylic acids is 1. The molecule has 0 spiro atoms. The van der Waals surface area contributed by atoms with Crippen molar-refractivity contribution in [2.45, 2.75) is 59.9 Å². The quantitative estimate of drug-likeness (QED) is 0.644. The van der Waals surface area contributed by atoms with Gasteiger partial charge in [0, 0.05) is 0 Å². The summed E-state index contributed by atoms with van der Waals surface area (Å²) in [5.41, 5.74) is 0. The van der Waals surface area contributed by atoms with Crippen molar-refractivity contribution in [1.29, 1.82) is 0 Å². The van der Waals surface area contributed by atoms with E-state index in [-0.39, 0.29) is 12.0 Å². The molecule has 0 aromatic heterocycles. The number of methoxy groups -OCH3 is 1. The molecule has 0 aromatic carbocycles. The minimum atomic E-state index is -0.144. The molecule has 108 valence electrons. The van der Waals surface area contributed by atoms with Crippen molar-refractivity contribution in [2.24, 2.45) is 17.8 Å². The second kappa shape index (κ2) is 9.37. The van der Waals surface area contributed by atoms with E-state index in [2.05, 4.69) is 39.9 Å². The van der Waals surface area contributed by atoms with Gasteiger partial charge in [0.25, 0.3) is 0 Å². The normalized spacial score (nSPS) is 13.4. The molecule has 0 aliphatic heterocycles. The van der Waals surface area contributed by atoms with Gasteiger partial charge in [-0.2, -0.15) is 0 Å². The predicted molar refractivity (Wildman–Crippen MR) is 76.5 cm³/mol. The van der Waals surface area contributed by atoms with Crippen LogP contribution in [0.1, 0.15) is 53.9 Å². The van der Waals surface area contributed by atoms with Crippen molar-refractivity contribution in [3.05, 3.63) is 0 Å². The minimum absolute atomic E-state index is 0.130. The van der Waals surface area contributed by atoms with Crippen LogP contribution in [0.25, 0.3) is 0 Å². The van der Waals surface area contributed by atoms with E-state index < -0.39 is 0 Å². The highest BCUT2D eigenvalue weighted by atomic mass is 16.5. The molecule has 18 heavy (non-hydrogen) atoms. The second-order valence-electron chi connectivity index (χ2n) is 5.78. The third-order valence-electron chi connectivity index (χ3n) is 3.64. The predicted octanol–water partition coefficient (Wildman–Crippen LogP) is 3.24. The summed E-state index contributed by atoms with van der Waals surface area (Å²) in [5.74, 6) is 1.72. The van der Waals surface area contributed by atoms with Gasteiger partial charge in [0.2, 0.25) is 0 Å². The first-order chi connectivity index (χ1) is 8.43. The number of rotatable bonds is 9. The van der Waals surface area contributed by atoms with Crippen LogP contribution in [0, 0.1) is 17.8 Å². The lowest BCUT2D eigenvalue weighted by atomic mass is 9.85. The number of ether oxygens (including phenoxy) is 1. The highest BCUT2D eigenvalue weighted by Crippen LogP contribution is 2.20. The molecule has 1 unspecified atom stereocenters. The Balaban J connectivity index is 4.34. The van der Waals surface area contributed by atoms with Crippen molar-refractivity contribution in [3.63, 3.8) is 0 Å². The van der Waals surface area contributed by atoms with Gasteiger partial charge in [-0.25, -0.2) is 0 Å². The molecule has 0 radical (unpaired) electrons. The number of hydrogen-bond acceptors (Lipinski definition) is 3. The van der Waals surface area contributed by atoms with E-state index in [1.54, 1.807) is 0 Å². The summed E-state index contributed by atoms with van der Waals surface area (Å²) >= 11 is 0. The molecule has 1 atom stereocenters. The summed E-state index contributed by atoms with van der Waals surface area (Å²) in [7, 11) is 1.46. The summed E-state index contributed by atoms with van der Waals surface area (Å²) in [4.78, 5) is 11.7. The first-order valence-corrected chi connectivity index (χ1v) is 7.25. The molecule has 0 bridgehead atoms. The molecule has 3 nitrogen and oxygen atoms in total. The number of esters is 1. The molecule has 0 heterocycles. The maximum Gasteiger partial charge on any atom is 0.322 e. The fourth-order valence-corrected chi connectivity index (χ4v) is 2.37. The molecular weight excluding hydrogens is 226 g/mol. The van der Waals surface area contributed by atoms with Crippen LogP contribution in [0.5, 0.6) is 0 Å². The fourth-order valence-electron chi connectivity index (χ4n) is 2.37. The van der Waals surface area contributed by atoms with Crippen LogP contribution in [0.4, 0.5) is 0 Å². The van der Waals surface area contributed by atoms with E-state index in [0.717, 1.165) is 25.8 Å². The number of nitrogens with one attached hydrogen (secondary N) is 1. The Bertz CT molecular complexity index is 219. The van der Waals surface area contributed by atoms with E-state index >= 15 is 0 Å². The minimum Gasteiger partial charge on any atom is -0.468 e. The summed E-state index contributed by atoms with van der Waals surface area (Å²) in [5, 5.41) is 3.39. The number of unbranched alkanes of at least 4 members (excludes halogenated alkanes) is 1. The lowest BCUT2D eigenvalue weighted by molar-refractivity contribution is -0.143. The average Bonchev–Trinajstić information content (AvgIpc) is 2.31. The van der Waals surface area contributed by atoms with Gasteiger partial charge in [0.15, 0.2) is 0 Å².